The second-order valence-electron chi connectivity index (χ2n) is 15.9. The number of Topliss-reactive ketones (excluding diaryl/α,β-unsaturated/α-hetero) is 1. The molecule has 4 heterocycles. The number of carboxylic acids is 1. The Balaban J connectivity index is 0.000000171. The zero-order valence-electron chi connectivity index (χ0n) is 31.7. The molecule has 0 aliphatic heterocycles. The Bertz CT molecular complexity index is 2250. The number of aromatic carboxylic acids is 1. The number of ether oxygens (including phenoxy) is 1. The van der Waals surface area contributed by atoms with Gasteiger partial charge in [0.1, 0.15) is 0 Å². The maximum Gasteiger partial charge on any atom is 0.337 e. The summed E-state index contributed by atoms with van der Waals surface area (Å²) in [5, 5.41) is 11.8. The van der Waals surface area contributed by atoms with Gasteiger partial charge in [0.15, 0.2) is 5.78 Å². The Morgan fingerprint density at radius 3 is 1.94 bits per heavy atom. The number of furan rings is 2. The lowest BCUT2D eigenvalue weighted by Crippen LogP contribution is -2.25. The summed E-state index contributed by atoms with van der Waals surface area (Å²) in [6, 6.07) is 15.0. The van der Waals surface area contributed by atoms with Gasteiger partial charge in [-0.3, -0.25) is 4.79 Å². The molecule has 6 aromatic rings. The molecule has 0 amide bonds. The number of methoxy groups -OCH3 is 1. The highest BCUT2D eigenvalue weighted by Gasteiger charge is 2.30. The van der Waals surface area contributed by atoms with E-state index in [1.807, 2.05) is 61.7 Å². The molecule has 0 radical (unpaired) electrons. The second-order valence-corrected chi connectivity index (χ2v) is 15.9. The minimum Gasteiger partial charge on any atom is -0.478 e. The number of rotatable bonds is 8. The van der Waals surface area contributed by atoms with E-state index in [2.05, 4.69) is 4.98 Å². The summed E-state index contributed by atoms with van der Waals surface area (Å²) < 4.78 is 17.6. The molecule has 54 heavy (non-hydrogen) atoms. The Hall–Kier alpha value is -5.31. The number of carboxylic acid groups (broad SMARTS) is 1. The summed E-state index contributed by atoms with van der Waals surface area (Å²) in [5.74, 6) is -0.208. The van der Waals surface area contributed by atoms with Crippen LogP contribution < -0.4 is 0 Å². The zero-order chi connectivity index (χ0) is 38.0. The first kappa shape index (κ1) is 37.0. The molecule has 0 atom stereocenters. The van der Waals surface area contributed by atoms with Gasteiger partial charge in [-0.05, 0) is 85.0 Å². The minimum atomic E-state index is -0.962. The van der Waals surface area contributed by atoms with E-state index >= 15 is 0 Å². The van der Waals surface area contributed by atoms with Gasteiger partial charge in [-0.15, -0.1) is 0 Å². The lowest BCUT2D eigenvalue weighted by Gasteiger charge is -2.24. The quantitative estimate of drug-likeness (QED) is 0.149. The fraction of sp³-hybridized carbons (Fsp3) is 0.400. The third-order valence-corrected chi connectivity index (χ3v) is 11.4. The average molecular weight is 731 g/mol. The standard InChI is InChI=1S/C25H29NO4.C20H21NO3/c1-25(2,3)21(27)14-26-20-13-17(24(28)29)9-10-19(20)22(16-7-5-4-6-8-16)23(26)18-11-12-30-15-18;1-23-20(22)14-7-8-16-17(11-14)21-19(15-9-10-24-12-15)18(16)13-5-3-2-4-6-13/h9-13,15-16H,4-8,14H2,1-3H3,(H,28,29);7-13,21H,2-6H2,1H3. The van der Waals surface area contributed by atoms with Crippen LogP contribution in [0.1, 0.15) is 129 Å². The lowest BCUT2D eigenvalue weighted by molar-refractivity contribution is -0.126. The van der Waals surface area contributed by atoms with E-state index in [0.717, 1.165) is 51.8 Å². The van der Waals surface area contributed by atoms with E-state index < -0.39 is 11.4 Å². The van der Waals surface area contributed by atoms with Gasteiger partial charge in [-0.2, -0.15) is 0 Å². The van der Waals surface area contributed by atoms with Crippen molar-refractivity contribution in [3.05, 3.63) is 95.8 Å². The van der Waals surface area contributed by atoms with Gasteiger partial charge in [-0.1, -0.05) is 71.4 Å². The fourth-order valence-electron chi connectivity index (χ4n) is 8.48. The highest BCUT2D eigenvalue weighted by molar-refractivity contribution is 6.00. The SMILES string of the molecule is CC(C)(C)C(=O)Cn1c(-c2ccoc2)c(C2CCCCC2)c2ccc(C(=O)O)cc21.COC(=O)c1ccc2c(C3CCCCC3)c(-c3ccoc3)[nH]c2c1. The van der Waals surface area contributed by atoms with Crippen LogP contribution in [0.2, 0.25) is 0 Å². The number of fused-ring (bicyclic) bond motifs is 2. The lowest BCUT2D eigenvalue weighted by atomic mass is 9.82. The molecule has 2 fully saturated rings. The van der Waals surface area contributed by atoms with E-state index in [-0.39, 0.29) is 23.9 Å². The summed E-state index contributed by atoms with van der Waals surface area (Å²) in [7, 11) is 1.41. The predicted molar refractivity (Wildman–Crippen MR) is 210 cm³/mol. The monoisotopic (exact) mass is 730 g/mol. The van der Waals surface area contributed by atoms with Crippen LogP contribution in [0.5, 0.6) is 0 Å². The molecule has 2 aliphatic carbocycles. The van der Waals surface area contributed by atoms with Crippen molar-refractivity contribution in [3.8, 4) is 22.5 Å². The first-order valence-corrected chi connectivity index (χ1v) is 19.3. The number of carbonyl (C=O) groups is 3. The Morgan fingerprint density at radius 2 is 1.37 bits per heavy atom. The molecule has 282 valence electrons. The molecule has 0 spiro atoms. The predicted octanol–water partition coefficient (Wildman–Crippen LogP) is 11.5. The number of benzene rings is 2. The second kappa shape index (κ2) is 15.6. The maximum absolute atomic E-state index is 13.0. The summed E-state index contributed by atoms with van der Waals surface area (Å²) in [4.78, 5) is 40.1. The molecule has 4 aromatic heterocycles. The summed E-state index contributed by atoms with van der Waals surface area (Å²) in [6.45, 7) is 5.96. The highest BCUT2D eigenvalue weighted by Crippen LogP contribution is 2.45. The van der Waals surface area contributed by atoms with Crippen molar-refractivity contribution in [2.24, 2.45) is 5.41 Å². The largest absolute Gasteiger partial charge is 0.478 e. The molecule has 2 N–H and O–H groups in total. The molecule has 0 unspecified atom stereocenters. The van der Waals surface area contributed by atoms with Crippen molar-refractivity contribution >= 4 is 39.5 Å². The molecule has 0 bridgehead atoms. The van der Waals surface area contributed by atoms with E-state index in [1.54, 1.807) is 37.2 Å². The van der Waals surface area contributed by atoms with Gasteiger partial charge in [0.25, 0.3) is 0 Å². The molecular weight excluding hydrogens is 681 g/mol. The van der Waals surface area contributed by atoms with E-state index in [1.165, 1.54) is 75.0 Å². The van der Waals surface area contributed by atoms with Crippen LogP contribution in [-0.2, 0) is 16.1 Å². The van der Waals surface area contributed by atoms with Crippen molar-refractivity contribution in [3.63, 3.8) is 0 Å². The molecule has 2 aromatic carbocycles. The normalized spacial score (nSPS) is 15.6. The van der Waals surface area contributed by atoms with Gasteiger partial charge >= 0.3 is 11.9 Å². The molecule has 0 saturated heterocycles. The number of nitrogens with one attached hydrogen (secondary N) is 1. The average Bonchev–Trinajstić information content (AvgIpc) is 4.01. The Labute approximate surface area is 315 Å². The van der Waals surface area contributed by atoms with Gasteiger partial charge in [-0.25, -0.2) is 9.59 Å². The van der Waals surface area contributed by atoms with Crippen LogP contribution in [-0.4, -0.2) is 39.5 Å². The number of aromatic amines is 1. The summed E-state index contributed by atoms with van der Waals surface area (Å²) >= 11 is 0. The van der Waals surface area contributed by atoms with Crippen LogP contribution in [0.25, 0.3) is 44.3 Å². The smallest absolute Gasteiger partial charge is 0.337 e. The summed E-state index contributed by atoms with van der Waals surface area (Å²) in [5.41, 5.74) is 8.81. The van der Waals surface area contributed by atoms with Crippen LogP contribution in [0.4, 0.5) is 0 Å². The number of aromatic nitrogens is 2. The van der Waals surface area contributed by atoms with E-state index in [9.17, 15) is 19.5 Å². The van der Waals surface area contributed by atoms with Crippen molar-refractivity contribution in [2.75, 3.05) is 7.11 Å². The van der Waals surface area contributed by atoms with Gasteiger partial charge < -0.3 is 28.2 Å². The van der Waals surface area contributed by atoms with E-state index in [4.69, 9.17) is 13.6 Å². The van der Waals surface area contributed by atoms with Gasteiger partial charge in [0.05, 0.1) is 66.7 Å². The summed E-state index contributed by atoms with van der Waals surface area (Å²) in [6.07, 6.45) is 19.0. The van der Waals surface area contributed by atoms with Crippen LogP contribution in [0, 0.1) is 5.41 Å². The van der Waals surface area contributed by atoms with Crippen molar-refractivity contribution in [1.29, 1.82) is 0 Å². The molecule has 9 heteroatoms. The third kappa shape index (κ3) is 7.41. The molecule has 2 saturated carbocycles. The number of H-pyrrole nitrogens is 1. The van der Waals surface area contributed by atoms with Crippen molar-refractivity contribution in [1.82, 2.24) is 9.55 Å². The van der Waals surface area contributed by atoms with Crippen molar-refractivity contribution < 1.29 is 33.1 Å². The Kier molecular flexibility index (Phi) is 10.7. The number of carbonyl (C=O) groups excluding carboxylic acids is 2. The maximum atomic E-state index is 13.0. The number of esters is 1. The number of nitrogens with zero attached hydrogens (tertiary/aromatic N) is 1. The van der Waals surface area contributed by atoms with Crippen LogP contribution in [0.15, 0.2) is 82.4 Å². The number of hydrogen-bond acceptors (Lipinski definition) is 6. The molecule has 8 rings (SSSR count). The number of hydrogen-bond donors (Lipinski definition) is 2. The molecule has 9 nitrogen and oxygen atoms in total. The molecular formula is C45H50N2O7. The zero-order valence-corrected chi connectivity index (χ0v) is 31.7. The topological polar surface area (TPSA) is 128 Å². The van der Waals surface area contributed by atoms with Crippen LogP contribution in [0.3, 0.4) is 0 Å². The first-order valence-electron chi connectivity index (χ1n) is 19.3. The van der Waals surface area contributed by atoms with Gasteiger partial charge in [0.2, 0.25) is 0 Å². The van der Waals surface area contributed by atoms with E-state index in [0.29, 0.717) is 17.4 Å². The van der Waals surface area contributed by atoms with Gasteiger partial charge in [0, 0.05) is 32.8 Å². The fourth-order valence-corrected chi connectivity index (χ4v) is 8.48. The Morgan fingerprint density at radius 1 is 0.778 bits per heavy atom. The first-order chi connectivity index (χ1) is 26.0. The molecule has 2 aliphatic rings. The van der Waals surface area contributed by atoms with Crippen molar-refractivity contribution in [2.45, 2.75) is 103 Å². The number of ketones is 1. The van der Waals surface area contributed by atoms with Crippen LogP contribution >= 0.6 is 0 Å². The highest BCUT2D eigenvalue weighted by atomic mass is 16.5. The third-order valence-electron chi connectivity index (χ3n) is 11.4. The minimum absolute atomic E-state index is 0.111.